The van der Waals surface area contributed by atoms with Crippen LogP contribution in [-0.2, 0) is 27.3 Å². The van der Waals surface area contributed by atoms with Crippen LogP contribution >= 0.6 is 0 Å². The summed E-state index contributed by atoms with van der Waals surface area (Å²) < 4.78 is 6.03. The van der Waals surface area contributed by atoms with Crippen molar-refractivity contribution in [2.24, 2.45) is 23.5 Å². The molecule has 36 heavy (non-hydrogen) atoms. The summed E-state index contributed by atoms with van der Waals surface area (Å²) in [5, 5.41) is 35.8. The van der Waals surface area contributed by atoms with Crippen molar-refractivity contribution in [3.05, 3.63) is 58.1 Å². The van der Waals surface area contributed by atoms with Crippen LogP contribution in [0.2, 0.25) is 0 Å². The molecule has 5 rings (SSSR count). The monoisotopic (exact) mass is 492 g/mol. The highest BCUT2D eigenvalue weighted by Crippen LogP contribution is 2.51. The Labute approximate surface area is 207 Å². The van der Waals surface area contributed by atoms with Crippen molar-refractivity contribution in [2.45, 2.75) is 45.7 Å². The summed E-state index contributed by atoms with van der Waals surface area (Å²) in [5.41, 5.74) is 6.29. The first-order valence-electron chi connectivity index (χ1n) is 12.0. The third kappa shape index (κ3) is 3.71. The van der Waals surface area contributed by atoms with E-state index in [9.17, 15) is 29.7 Å². The normalized spacial score (nSPS) is 23.6. The number of amides is 1. The Hall–Kier alpha value is -3.85. The van der Waals surface area contributed by atoms with E-state index in [0.717, 1.165) is 5.76 Å². The van der Waals surface area contributed by atoms with Crippen molar-refractivity contribution in [1.29, 1.82) is 0 Å². The van der Waals surface area contributed by atoms with Crippen LogP contribution in [0, 0.1) is 17.8 Å². The average molecular weight is 493 g/mol. The maximum atomic E-state index is 13.5. The number of nitrogens with two attached hydrogens (primary N) is 1. The first-order valence-corrected chi connectivity index (χ1v) is 12.0. The Morgan fingerprint density at radius 3 is 2.58 bits per heavy atom. The molecule has 1 heterocycles. The Bertz CT molecular complexity index is 1360. The number of aliphatic hydroxyl groups excluding tert-OH is 2. The average Bonchev–Trinajstić information content (AvgIpc) is 3.25. The molecule has 1 saturated carbocycles. The standard InChI is InChI=1S/C27H28N2O7/c1-11(2)29-10-14-3-6-19(36-14)15-4-5-17(30)22-16(15)8-12-7-13-9-18(31)23(27(28)35)26(34)21(13)24(32)20(12)25(22)33/h3-6,11-13,21,29-30,33-34H,7-10H2,1-2H3,(H2,28,35). The lowest BCUT2D eigenvalue weighted by Gasteiger charge is -2.41. The third-order valence-corrected chi connectivity index (χ3v) is 7.38. The fourth-order valence-corrected chi connectivity index (χ4v) is 5.79. The maximum absolute atomic E-state index is 13.5. The van der Waals surface area contributed by atoms with E-state index in [1.165, 1.54) is 6.07 Å². The van der Waals surface area contributed by atoms with Crippen molar-refractivity contribution in [3.63, 3.8) is 0 Å². The SMILES string of the molecule is CC(C)NCc1ccc(-c2ccc(O)c3c2CC2CC4CC(=O)C(C(N)=O)=C(O)C4C(=O)C2=C3O)o1. The van der Waals surface area contributed by atoms with Crippen molar-refractivity contribution in [2.75, 3.05) is 0 Å². The molecule has 0 spiro atoms. The number of primary amides is 1. The zero-order valence-electron chi connectivity index (χ0n) is 20.0. The number of fused-ring (bicyclic) bond motifs is 3. The quantitative estimate of drug-likeness (QED) is 0.398. The molecule has 3 aliphatic rings. The number of carbonyl (C=O) groups excluding carboxylic acids is 3. The van der Waals surface area contributed by atoms with Gasteiger partial charge in [0.2, 0.25) is 0 Å². The lowest BCUT2D eigenvalue weighted by atomic mass is 9.61. The van der Waals surface area contributed by atoms with Gasteiger partial charge in [-0.25, -0.2) is 0 Å². The van der Waals surface area contributed by atoms with E-state index in [0.29, 0.717) is 36.3 Å². The minimum absolute atomic E-state index is 0.0854. The lowest BCUT2D eigenvalue weighted by molar-refractivity contribution is -0.127. The van der Waals surface area contributed by atoms with Crippen LogP contribution in [0.1, 0.15) is 43.6 Å². The van der Waals surface area contributed by atoms with Gasteiger partial charge in [0.15, 0.2) is 11.6 Å². The van der Waals surface area contributed by atoms with E-state index in [2.05, 4.69) is 5.32 Å². The molecule has 1 amide bonds. The van der Waals surface area contributed by atoms with Crippen molar-refractivity contribution >= 4 is 23.2 Å². The molecule has 0 bridgehead atoms. The summed E-state index contributed by atoms with van der Waals surface area (Å²) in [6, 6.07) is 7.14. The Morgan fingerprint density at radius 1 is 1.14 bits per heavy atom. The number of allylic oxidation sites excluding steroid dienone is 2. The van der Waals surface area contributed by atoms with E-state index in [1.54, 1.807) is 6.07 Å². The van der Waals surface area contributed by atoms with Gasteiger partial charge in [0.25, 0.3) is 5.91 Å². The molecule has 1 fully saturated rings. The van der Waals surface area contributed by atoms with Crippen molar-refractivity contribution in [1.82, 2.24) is 5.32 Å². The Morgan fingerprint density at radius 2 is 1.89 bits per heavy atom. The highest BCUT2D eigenvalue weighted by atomic mass is 16.3. The fraction of sp³-hybridized carbons (Fsp3) is 0.370. The molecule has 0 saturated heterocycles. The number of Topliss-reactive ketones (excluding diaryl/α,β-unsaturated/α-hetero) is 2. The number of hydrogen-bond acceptors (Lipinski definition) is 8. The van der Waals surface area contributed by atoms with E-state index < -0.39 is 46.6 Å². The first-order chi connectivity index (χ1) is 17.1. The highest BCUT2D eigenvalue weighted by molar-refractivity contribution is 6.21. The molecule has 1 aromatic carbocycles. The summed E-state index contributed by atoms with van der Waals surface area (Å²) in [5.74, 6) is -4.18. The number of phenols is 1. The minimum atomic E-state index is -1.13. The van der Waals surface area contributed by atoms with E-state index in [1.807, 2.05) is 26.0 Å². The number of hydrogen-bond donors (Lipinski definition) is 5. The molecule has 9 nitrogen and oxygen atoms in total. The smallest absolute Gasteiger partial charge is 0.255 e. The number of aliphatic hydroxyl groups is 2. The fourth-order valence-electron chi connectivity index (χ4n) is 5.79. The third-order valence-electron chi connectivity index (χ3n) is 7.38. The van der Waals surface area contributed by atoms with Crippen LogP contribution in [0.4, 0.5) is 0 Å². The Balaban J connectivity index is 1.58. The number of aromatic hydroxyl groups is 1. The van der Waals surface area contributed by atoms with E-state index >= 15 is 0 Å². The molecule has 2 aromatic rings. The zero-order chi connectivity index (χ0) is 25.9. The van der Waals surface area contributed by atoms with Crippen LogP contribution in [-0.4, -0.2) is 38.8 Å². The van der Waals surface area contributed by atoms with Crippen molar-refractivity contribution in [3.8, 4) is 17.1 Å². The second-order valence-electron chi connectivity index (χ2n) is 10.0. The van der Waals surface area contributed by atoms with Gasteiger partial charge in [-0.1, -0.05) is 13.8 Å². The molecule has 1 aromatic heterocycles. The number of benzene rings is 1. The summed E-state index contributed by atoms with van der Waals surface area (Å²) in [6.45, 7) is 4.62. The molecular formula is C27H28N2O7. The van der Waals surface area contributed by atoms with Crippen LogP contribution in [0.3, 0.4) is 0 Å². The van der Waals surface area contributed by atoms with Gasteiger partial charge in [-0.3, -0.25) is 14.4 Å². The summed E-state index contributed by atoms with van der Waals surface area (Å²) in [6.07, 6.45) is 0.580. The largest absolute Gasteiger partial charge is 0.511 e. The van der Waals surface area contributed by atoms with Crippen LogP contribution in [0.25, 0.3) is 17.1 Å². The van der Waals surface area contributed by atoms with E-state index in [-0.39, 0.29) is 35.1 Å². The molecule has 6 N–H and O–H groups in total. The highest BCUT2D eigenvalue weighted by Gasteiger charge is 2.51. The molecule has 3 atom stereocenters. The summed E-state index contributed by atoms with van der Waals surface area (Å²) in [4.78, 5) is 37.7. The molecular weight excluding hydrogens is 464 g/mol. The molecule has 0 aliphatic heterocycles. The predicted octanol–water partition coefficient (Wildman–Crippen LogP) is 3.07. The second-order valence-corrected chi connectivity index (χ2v) is 10.0. The zero-order valence-corrected chi connectivity index (χ0v) is 20.0. The van der Waals surface area contributed by atoms with Gasteiger partial charge < -0.3 is 30.8 Å². The number of phenolic OH excluding ortho intramolecular Hbond substituents is 1. The van der Waals surface area contributed by atoms with Gasteiger partial charge in [0.1, 0.15) is 34.4 Å². The molecule has 3 unspecified atom stereocenters. The summed E-state index contributed by atoms with van der Waals surface area (Å²) in [7, 11) is 0. The molecule has 9 heteroatoms. The second kappa shape index (κ2) is 8.67. The van der Waals surface area contributed by atoms with Crippen LogP contribution < -0.4 is 11.1 Å². The number of ketones is 2. The van der Waals surface area contributed by atoms with Crippen LogP contribution in [0.15, 0.2) is 45.6 Å². The number of carbonyl (C=O) groups is 3. The number of furan rings is 1. The van der Waals surface area contributed by atoms with Gasteiger partial charge in [0, 0.05) is 23.6 Å². The first kappa shape index (κ1) is 23.9. The Kier molecular flexibility index (Phi) is 5.75. The maximum Gasteiger partial charge on any atom is 0.255 e. The topological polar surface area (TPSA) is 163 Å². The van der Waals surface area contributed by atoms with Gasteiger partial charge in [-0.05, 0) is 54.5 Å². The van der Waals surface area contributed by atoms with Gasteiger partial charge in [-0.2, -0.15) is 0 Å². The number of nitrogens with one attached hydrogen (secondary N) is 1. The molecule has 0 radical (unpaired) electrons. The van der Waals surface area contributed by atoms with Crippen LogP contribution in [0.5, 0.6) is 5.75 Å². The predicted molar refractivity (Wildman–Crippen MR) is 130 cm³/mol. The number of rotatable bonds is 5. The van der Waals surface area contributed by atoms with Gasteiger partial charge >= 0.3 is 0 Å². The molecule has 188 valence electrons. The van der Waals surface area contributed by atoms with Gasteiger partial charge in [-0.15, -0.1) is 0 Å². The van der Waals surface area contributed by atoms with E-state index in [4.69, 9.17) is 10.2 Å². The lowest BCUT2D eigenvalue weighted by Crippen LogP contribution is -2.44. The van der Waals surface area contributed by atoms with Crippen molar-refractivity contribution < 1.29 is 34.1 Å². The molecule has 3 aliphatic carbocycles. The summed E-state index contributed by atoms with van der Waals surface area (Å²) >= 11 is 0. The minimum Gasteiger partial charge on any atom is -0.511 e. The van der Waals surface area contributed by atoms with Gasteiger partial charge in [0.05, 0.1) is 18.0 Å².